The number of anilines is 1. The predicted octanol–water partition coefficient (Wildman–Crippen LogP) is 8.39. The minimum atomic E-state index is -0.160. The number of carbonyl (C=O) groups excluding carboxylic acids is 1. The number of rotatable bonds is 7. The van der Waals surface area contributed by atoms with Crippen LogP contribution in [0, 0.1) is 0 Å². The number of nitrogens with one attached hydrogen (secondary N) is 1. The van der Waals surface area contributed by atoms with Crippen LogP contribution in [0.1, 0.15) is 33.3 Å². The lowest BCUT2D eigenvalue weighted by Crippen LogP contribution is -2.29. The van der Waals surface area contributed by atoms with Crippen molar-refractivity contribution in [3.05, 3.63) is 113 Å². The molecule has 0 fully saturated rings. The molecule has 3 heterocycles. The maximum absolute atomic E-state index is 14.1. The van der Waals surface area contributed by atoms with E-state index in [2.05, 4.69) is 52.7 Å². The summed E-state index contributed by atoms with van der Waals surface area (Å²) in [4.78, 5) is 22.9. The average molecular weight is 576 g/mol. The molecular formula is C34H29N3O2S2. The van der Waals surface area contributed by atoms with Crippen molar-refractivity contribution in [2.24, 2.45) is 0 Å². The number of carbonyl (C=O) groups is 1. The number of amides is 1. The monoisotopic (exact) mass is 575 g/mol. The van der Waals surface area contributed by atoms with E-state index < -0.39 is 0 Å². The van der Waals surface area contributed by atoms with Crippen molar-refractivity contribution in [1.82, 2.24) is 9.88 Å². The third-order valence-electron chi connectivity index (χ3n) is 7.54. The van der Waals surface area contributed by atoms with Gasteiger partial charge in [0, 0.05) is 30.1 Å². The average Bonchev–Trinajstić information content (AvgIpc) is 3.58. The van der Waals surface area contributed by atoms with Crippen molar-refractivity contribution in [3.63, 3.8) is 0 Å². The van der Waals surface area contributed by atoms with Gasteiger partial charge in [-0.3, -0.25) is 9.69 Å². The molecule has 1 amide bonds. The van der Waals surface area contributed by atoms with Crippen molar-refractivity contribution in [3.8, 4) is 16.3 Å². The molecule has 7 rings (SSSR count). The van der Waals surface area contributed by atoms with Gasteiger partial charge in [-0.25, -0.2) is 4.98 Å². The van der Waals surface area contributed by atoms with E-state index in [-0.39, 0.29) is 5.91 Å². The second-order valence-electron chi connectivity index (χ2n) is 10.2. The van der Waals surface area contributed by atoms with Gasteiger partial charge in [-0.2, -0.15) is 0 Å². The molecule has 0 atom stereocenters. The molecule has 0 bridgehead atoms. The van der Waals surface area contributed by atoms with Crippen LogP contribution < -0.4 is 10.1 Å². The first-order valence-electron chi connectivity index (χ1n) is 13.9. The van der Waals surface area contributed by atoms with E-state index in [9.17, 15) is 4.79 Å². The molecule has 1 N–H and O–H groups in total. The summed E-state index contributed by atoms with van der Waals surface area (Å²) < 4.78 is 7.08. The fourth-order valence-corrected chi connectivity index (χ4v) is 8.05. The molecule has 0 radical (unpaired) electrons. The van der Waals surface area contributed by atoms with Crippen LogP contribution in [0.4, 0.5) is 5.00 Å². The van der Waals surface area contributed by atoms with Gasteiger partial charge in [0.2, 0.25) is 0 Å². The molecule has 4 aromatic carbocycles. The number of hydrogen-bond donors (Lipinski definition) is 1. The number of thiazole rings is 1. The van der Waals surface area contributed by atoms with Gasteiger partial charge in [0.05, 0.1) is 22.4 Å². The molecule has 5 nitrogen and oxygen atoms in total. The summed E-state index contributed by atoms with van der Waals surface area (Å²) in [6.45, 7) is 5.14. The standard InChI is InChI=1S/C34H29N3O2S2/c1-2-39-27-17-16-23-12-6-7-13-24(23)30(27)32(38)36-34-31(33-35-26-14-8-9-15-28(26)40-33)25-18-19-37(21-29(25)41-34)20-22-10-4-3-5-11-22/h3-17H,2,18-21H2,1H3,(H,36,38). The Bertz CT molecular complexity index is 1840. The van der Waals surface area contributed by atoms with Gasteiger partial charge >= 0.3 is 0 Å². The Balaban J connectivity index is 1.30. The molecule has 2 aromatic heterocycles. The van der Waals surface area contributed by atoms with Crippen molar-refractivity contribution in [1.29, 1.82) is 0 Å². The zero-order chi connectivity index (χ0) is 27.8. The van der Waals surface area contributed by atoms with Gasteiger partial charge in [0.15, 0.2) is 0 Å². The lowest BCUT2D eigenvalue weighted by Gasteiger charge is -2.27. The number of thiophene rings is 1. The zero-order valence-electron chi connectivity index (χ0n) is 22.7. The van der Waals surface area contributed by atoms with Gasteiger partial charge in [0.25, 0.3) is 5.91 Å². The number of aromatic nitrogens is 1. The van der Waals surface area contributed by atoms with Crippen LogP contribution >= 0.6 is 22.7 Å². The fraction of sp³-hybridized carbons (Fsp3) is 0.176. The molecule has 1 aliphatic rings. The van der Waals surface area contributed by atoms with Crippen molar-refractivity contribution in [2.45, 2.75) is 26.4 Å². The normalized spacial score (nSPS) is 13.4. The van der Waals surface area contributed by atoms with Gasteiger partial charge in [-0.1, -0.05) is 72.8 Å². The molecule has 0 spiro atoms. The van der Waals surface area contributed by atoms with E-state index in [1.54, 1.807) is 22.7 Å². The number of hydrogen-bond acceptors (Lipinski definition) is 6. The first kappa shape index (κ1) is 25.9. The van der Waals surface area contributed by atoms with Crippen LogP contribution in [0.15, 0.2) is 91.0 Å². The number of fused-ring (bicyclic) bond motifs is 3. The Labute approximate surface area is 247 Å². The van der Waals surface area contributed by atoms with E-state index in [1.807, 2.05) is 55.5 Å². The number of para-hydroxylation sites is 1. The molecule has 7 heteroatoms. The molecule has 0 saturated carbocycles. The lowest BCUT2D eigenvalue weighted by atomic mass is 10.0. The first-order valence-corrected chi connectivity index (χ1v) is 15.5. The van der Waals surface area contributed by atoms with E-state index in [0.29, 0.717) is 17.9 Å². The minimum Gasteiger partial charge on any atom is -0.493 e. The number of ether oxygens (including phenoxy) is 1. The van der Waals surface area contributed by atoms with E-state index >= 15 is 0 Å². The molecule has 41 heavy (non-hydrogen) atoms. The molecule has 0 saturated heterocycles. The summed E-state index contributed by atoms with van der Waals surface area (Å²) in [6.07, 6.45) is 0.915. The molecule has 1 aliphatic heterocycles. The van der Waals surface area contributed by atoms with Crippen LogP contribution in [-0.4, -0.2) is 28.9 Å². The van der Waals surface area contributed by atoms with Crippen LogP contribution in [0.3, 0.4) is 0 Å². The van der Waals surface area contributed by atoms with E-state index in [0.717, 1.165) is 62.6 Å². The predicted molar refractivity (Wildman–Crippen MR) is 170 cm³/mol. The summed E-state index contributed by atoms with van der Waals surface area (Å²) in [6, 6.07) is 30.7. The maximum atomic E-state index is 14.1. The third-order valence-corrected chi connectivity index (χ3v) is 9.72. The summed E-state index contributed by atoms with van der Waals surface area (Å²) in [7, 11) is 0. The fourth-order valence-electron chi connectivity index (χ4n) is 5.65. The van der Waals surface area contributed by atoms with Crippen molar-refractivity contribution >= 4 is 54.6 Å². The van der Waals surface area contributed by atoms with Crippen molar-refractivity contribution < 1.29 is 9.53 Å². The smallest absolute Gasteiger partial charge is 0.260 e. The number of nitrogens with zero attached hydrogens (tertiary/aromatic N) is 2. The highest BCUT2D eigenvalue weighted by Crippen LogP contribution is 2.46. The minimum absolute atomic E-state index is 0.160. The Morgan fingerprint density at radius 1 is 0.951 bits per heavy atom. The third kappa shape index (κ3) is 5.01. The Morgan fingerprint density at radius 2 is 1.76 bits per heavy atom. The summed E-state index contributed by atoms with van der Waals surface area (Å²) in [5.74, 6) is 0.438. The van der Waals surface area contributed by atoms with E-state index in [4.69, 9.17) is 9.72 Å². The van der Waals surface area contributed by atoms with E-state index in [1.165, 1.54) is 16.0 Å². The number of benzene rings is 4. The van der Waals surface area contributed by atoms with Crippen LogP contribution in [0.25, 0.3) is 31.6 Å². The second kappa shape index (κ2) is 11.1. The summed E-state index contributed by atoms with van der Waals surface area (Å²) >= 11 is 3.37. The largest absolute Gasteiger partial charge is 0.493 e. The first-order chi connectivity index (χ1) is 20.2. The molecular weight excluding hydrogens is 547 g/mol. The second-order valence-corrected chi connectivity index (χ2v) is 12.3. The molecule has 204 valence electrons. The maximum Gasteiger partial charge on any atom is 0.260 e. The summed E-state index contributed by atoms with van der Waals surface area (Å²) in [5.41, 5.74) is 5.23. The molecule has 0 unspecified atom stereocenters. The molecule has 0 aliphatic carbocycles. The Kier molecular flexibility index (Phi) is 7.00. The van der Waals surface area contributed by atoms with Gasteiger partial charge in [0.1, 0.15) is 15.8 Å². The summed E-state index contributed by atoms with van der Waals surface area (Å²) in [5, 5.41) is 7.04. The van der Waals surface area contributed by atoms with Gasteiger partial charge < -0.3 is 10.1 Å². The quantitative estimate of drug-likeness (QED) is 0.208. The Hall–Kier alpha value is -4.04. The van der Waals surface area contributed by atoms with Gasteiger partial charge in [-0.15, -0.1) is 22.7 Å². The van der Waals surface area contributed by atoms with Gasteiger partial charge in [-0.05, 0) is 53.4 Å². The highest BCUT2D eigenvalue weighted by molar-refractivity contribution is 7.23. The van der Waals surface area contributed by atoms with Crippen LogP contribution in [0.2, 0.25) is 0 Å². The van der Waals surface area contributed by atoms with Crippen LogP contribution in [0.5, 0.6) is 5.75 Å². The topological polar surface area (TPSA) is 54.5 Å². The highest BCUT2D eigenvalue weighted by Gasteiger charge is 2.29. The Morgan fingerprint density at radius 3 is 2.61 bits per heavy atom. The van der Waals surface area contributed by atoms with Crippen LogP contribution in [-0.2, 0) is 19.5 Å². The van der Waals surface area contributed by atoms with Crippen molar-refractivity contribution in [2.75, 3.05) is 18.5 Å². The molecule has 6 aromatic rings. The highest BCUT2D eigenvalue weighted by atomic mass is 32.1. The SMILES string of the molecule is CCOc1ccc2ccccc2c1C(=O)Nc1sc2c(c1-c1nc3ccccc3s1)CCN(Cc1ccccc1)C2. The lowest BCUT2D eigenvalue weighted by molar-refractivity contribution is 0.102. The zero-order valence-corrected chi connectivity index (χ0v) is 24.4.